The second-order valence-corrected chi connectivity index (χ2v) is 6.76. The van der Waals surface area contributed by atoms with E-state index in [2.05, 4.69) is 0 Å². The van der Waals surface area contributed by atoms with Gasteiger partial charge in [-0.3, -0.25) is 14.5 Å². The van der Waals surface area contributed by atoms with Crippen LogP contribution in [0.4, 0.5) is 0 Å². The molecule has 0 aromatic carbocycles. The first kappa shape index (κ1) is 17.0. The molecule has 0 N–H and O–H groups in total. The lowest BCUT2D eigenvalue weighted by molar-refractivity contribution is -0.160. The number of likely N-dealkylation sites (N-methyl/N-ethyl adjacent to an activating group) is 1. The van der Waals surface area contributed by atoms with E-state index < -0.39 is 5.60 Å². The Hall–Kier alpha value is -1.10. The summed E-state index contributed by atoms with van der Waals surface area (Å²) in [6.45, 7) is 10.6. The fourth-order valence-corrected chi connectivity index (χ4v) is 2.23. The maximum absolute atomic E-state index is 12.2. The molecule has 0 aromatic heterocycles. The summed E-state index contributed by atoms with van der Waals surface area (Å²) in [5.74, 6) is -0.162. The van der Waals surface area contributed by atoms with E-state index in [0.29, 0.717) is 6.54 Å². The lowest BCUT2D eigenvalue weighted by Crippen LogP contribution is -2.46. The van der Waals surface area contributed by atoms with Gasteiger partial charge in [-0.2, -0.15) is 0 Å². The van der Waals surface area contributed by atoms with Gasteiger partial charge in [0.2, 0.25) is 5.91 Å². The Morgan fingerprint density at radius 1 is 1.35 bits per heavy atom. The predicted octanol–water partition coefficient (Wildman–Crippen LogP) is 1.66. The Balaban J connectivity index is 2.61. The van der Waals surface area contributed by atoms with Gasteiger partial charge in [0.15, 0.2) is 0 Å². The fourth-order valence-electron chi connectivity index (χ4n) is 2.23. The first-order chi connectivity index (χ1) is 9.11. The van der Waals surface area contributed by atoms with E-state index in [9.17, 15) is 9.59 Å². The van der Waals surface area contributed by atoms with Gasteiger partial charge < -0.3 is 9.64 Å². The average molecular weight is 284 g/mol. The van der Waals surface area contributed by atoms with Crippen LogP contribution in [0.15, 0.2) is 0 Å². The number of carbonyl (C=O) groups excluding carboxylic acids is 2. The number of amides is 1. The van der Waals surface area contributed by atoms with Crippen molar-refractivity contribution in [1.82, 2.24) is 9.80 Å². The molecule has 0 aliphatic carbocycles. The van der Waals surface area contributed by atoms with Gasteiger partial charge in [-0.05, 0) is 54.0 Å². The van der Waals surface area contributed by atoms with Crippen LogP contribution in [0.5, 0.6) is 0 Å². The van der Waals surface area contributed by atoms with E-state index in [1.54, 1.807) is 11.9 Å². The van der Waals surface area contributed by atoms with Gasteiger partial charge in [0.25, 0.3) is 0 Å². The third-order valence-corrected chi connectivity index (χ3v) is 3.55. The summed E-state index contributed by atoms with van der Waals surface area (Å²) < 4.78 is 5.44. The lowest BCUT2D eigenvalue weighted by Gasteiger charge is -2.29. The van der Waals surface area contributed by atoms with E-state index in [4.69, 9.17) is 4.74 Å². The number of carbonyl (C=O) groups is 2. The average Bonchev–Trinajstić information content (AvgIpc) is 2.73. The highest BCUT2D eigenvalue weighted by Gasteiger charge is 2.35. The first-order valence-corrected chi connectivity index (χ1v) is 7.34. The monoisotopic (exact) mass is 284 g/mol. The van der Waals surface area contributed by atoms with Crippen molar-refractivity contribution in [3.05, 3.63) is 0 Å². The highest BCUT2D eigenvalue weighted by atomic mass is 16.6. The zero-order chi connectivity index (χ0) is 15.5. The summed E-state index contributed by atoms with van der Waals surface area (Å²) >= 11 is 0. The highest BCUT2D eigenvalue weighted by Crippen LogP contribution is 2.21. The van der Waals surface area contributed by atoms with Crippen LogP contribution < -0.4 is 0 Å². The van der Waals surface area contributed by atoms with Gasteiger partial charge >= 0.3 is 5.97 Å². The van der Waals surface area contributed by atoms with Crippen molar-refractivity contribution in [1.29, 1.82) is 0 Å². The molecule has 0 radical (unpaired) electrons. The van der Waals surface area contributed by atoms with Crippen LogP contribution in [0.3, 0.4) is 0 Å². The molecular weight excluding hydrogens is 256 g/mol. The molecular formula is C15H28N2O3. The van der Waals surface area contributed by atoms with Gasteiger partial charge in [-0.1, -0.05) is 0 Å². The van der Waals surface area contributed by atoms with Crippen molar-refractivity contribution in [3.63, 3.8) is 0 Å². The Morgan fingerprint density at radius 2 is 1.95 bits per heavy atom. The summed E-state index contributed by atoms with van der Waals surface area (Å²) in [7, 11) is 1.80. The lowest BCUT2D eigenvalue weighted by atomic mass is 10.1. The third-order valence-electron chi connectivity index (χ3n) is 3.55. The van der Waals surface area contributed by atoms with E-state index in [1.165, 1.54) is 0 Å². The van der Waals surface area contributed by atoms with E-state index >= 15 is 0 Å². The number of likely N-dealkylation sites (tertiary alicyclic amines) is 1. The zero-order valence-electron chi connectivity index (χ0n) is 13.6. The molecule has 0 aromatic rings. The molecule has 1 heterocycles. The van der Waals surface area contributed by atoms with Crippen LogP contribution in [0, 0.1) is 0 Å². The summed E-state index contributed by atoms with van der Waals surface area (Å²) in [4.78, 5) is 27.9. The van der Waals surface area contributed by atoms with Crippen LogP contribution in [-0.4, -0.2) is 59.5 Å². The quantitative estimate of drug-likeness (QED) is 0.737. The van der Waals surface area contributed by atoms with Crippen LogP contribution in [0.1, 0.15) is 47.5 Å². The predicted molar refractivity (Wildman–Crippen MR) is 78.3 cm³/mol. The summed E-state index contributed by atoms with van der Waals surface area (Å²) in [5, 5.41) is 0. The minimum absolute atomic E-state index is 0.0514. The summed E-state index contributed by atoms with van der Waals surface area (Å²) in [5.41, 5.74) is -0.482. The minimum Gasteiger partial charge on any atom is -0.459 e. The van der Waals surface area contributed by atoms with E-state index in [1.807, 2.05) is 39.5 Å². The van der Waals surface area contributed by atoms with Crippen molar-refractivity contribution >= 4 is 11.9 Å². The molecule has 1 rings (SSSR count). The second kappa shape index (κ2) is 6.57. The van der Waals surface area contributed by atoms with Crippen molar-refractivity contribution in [2.24, 2.45) is 0 Å². The Morgan fingerprint density at radius 3 is 2.45 bits per heavy atom. The number of esters is 1. The van der Waals surface area contributed by atoms with Crippen LogP contribution in [-0.2, 0) is 14.3 Å². The molecule has 20 heavy (non-hydrogen) atoms. The molecule has 1 aliphatic rings. The standard InChI is InChI=1S/C15H28N2O3/c1-11(2)16(6)13(18)10-17-9-7-8-12(17)14(19)20-15(3,4)5/h11-12H,7-10H2,1-6H3/t12-/m1/s1. The number of rotatable bonds is 4. The van der Waals surface area contributed by atoms with Crippen molar-refractivity contribution < 1.29 is 14.3 Å². The number of hydrogen-bond acceptors (Lipinski definition) is 4. The van der Waals surface area contributed by atoms with Gasteiger partial charge in [0.05, 0.1) is 6.54 Å². The SMILES string of the molecule is CC(C)N(C)C(=O)CN1CCC[C@@H]1C(=O)OC(C)(C)C. The normalized spacial score (nSPS) is 20.2. The van der Waals surface area contributed by atoms with Crippen molar-refractivity contribution in [2.75, 3.05) is 20.1 Å². The third kappa shape index (κ3) is 4.78. The van der Waals surface area contributed by atoms with Crippen molar-refractivity contribution in [2.45, 2.75) is 65.1 Å². The second-order valence-electron chi connectivity index (χ2n) is 6.76. The Kier molecular flexibility index (Phi) is 5.57. The molecule has 1 aliphatic heterocycles. The van der Waals surface area contributed by atoms with Crippen LogP contribution in [0.2, 0.25) is 0 Å². The molecule has 0 saturated carbocycles. The molecule has 0 spiro atoms. The number of ether oxygens (including phenoxy) is 1. The summed E-state index contributed by atoms with van der Waals surface area (Å²) in [6.07, 6.45) is 1.70. The van der Waals surface area contributed by atoms with Crippen LogP contribution in [0.25, 0.3) is 0 Å². The topological polar surface area (TPSA) is 49.9 Å². The largest absolute Gasteiger partial charge is 0.459 e. The smallest absolute Gasteiger partial charge is 0.323 e. The first-order valence-electron chi connectivity index (χ1n) is 7.34. The van der Waals surface area contributed by atoms with Gasteiger partial charge in [-0.15, -0.1) is 0 Å². The van der Waals surface area contributed by atoms with Crippen LogP contribution >= 0.6 is 0 Å². The van der Waals surface area contributed by atoms with Gasteiger partial charge in [0, 0.05) is 13.1 Å². The van der Waals surface area contributed by atoms with Gasteiger partial charge in [-0.25, -0.2) is 0 Å². The molecule has 116 valence electrons. The highest BCUT2D eigenvalue weighted by molar-refractivity contribution is 5.81. The number of hydrogen-bond donors (Lipinski definition) is 0. The maximum Gasteiger partial charge on any atom is 0.323 e. The molecule has 0 bridgehead atoms. The molecule has 1 amide bonds. The Bertz CT molecular complexity index is 361. The zero-order valence-corrected chi connectivity index (χ0v) is 13.6. The molecule has 1 fully saturated rings. The fraction of sp³-hybridized carbons (Fsp3) is 0.867. The Labute approximate surface area is 122 Å². The van der Waals surface area contributed by atoms with E-state index in [0.717, 1.165) is 19.4 Å². The minimum atomic E-state index is -0.482. The summed E-state index contributed by atoms with van der Waals surface area (Å²) in [6, 6.07) is -0.108. The maximum atomic E-state index is 12.2. The molecule has 5 nitrogen and oxygen atoms in total. The molecule has 5 heteroatoms. The van der Waals surface area contributed by atoms with Gasteiger partial charge in [0.1, 0.15) is 11.6 Å². The number of nitrogens with zero attached hydrogens (tertiary/aromatic N) is 2. The van der Waals surface area contributed by atoms with Crippen molar-refractivity contribution in [3.8, 4) is 0 Å². The molecule has 1 saturated heterocycles. The molecule has 0 unspecified atom stereocenters. The van der Waals surface area contributed by atoms with E-state index in [-0.39, 0.29) is 24.0 Å². The molecule has 1 atom stereocenters.